The van der Waals surface area contributed by atoms with Gasteiger partial charge < -0.3 is 0 Å². The number of rotatable bonds is 0. The van der Waals surface area contributed by atoms with Gasteiger partial charge in [-0.15, -0.1) is 0 Å². The van der Waals surface area contributed by atoms with Crippen LogP contribution in [0.5, 0.6) is 0 Å². The van der Waals surface area contributed by atoms with Crippen LogP contribution in [0.1, 0.15) is 20.3 Å². The predicted molar refractivity (Wildman–Crippen MR) is 52.5 cm³/mol. The van der Waals surface area contributed by atoms with Crippen molar-refractivity contribution in [1.82, 2.24) is 0 Å². The maximum Gasteiger partial charge on any atom is 0.143 e. The molecule has 60 valence electrons. The summed E-state index contributed by atoms with van der Waals surface area (Å²) < 4.78 is 1.38. The number of halogens is 1. The summed E-state index contributed by atoms with van der Waals surface area (Å²) in [5, 5.41) is 0. The van der Waals surface area contributed by atoms with Crippen LogP contribution in [0.25, 0.3) is 0 Å². The molecule has 2 heteroatoms. The van der Waals surface area contributed by atoms with Gasteiger partial charge >= 0.3 is 0 Å². The molecular formula is C9H11IO. The van der Waals surface area contributed by atoms with E-state index in [1.807, 2.05) is 0 Å². The lowest BCUT2D eigenvalue weighted by Crippen LogP contribution is -2.45. The summed E-state index contributed by atoms with van der Waals surface area (Å²) in [6, 6.07) is 0. The zero-order valence-corrected chi connectivity index (χ0v) is 8.88. The summed E-state index contributed by atoms with van der Waals surface area (Å²) in [4.78, 5) is 11.3. The number of hydrogen-bond acceptors (Lipinski definition) is 1. The molecule has 11 heavy (non-hydrogen) atoms. The third kappa shape index (κ3) is 0.791. The number of Topliss-reactive ketones (excluding diaryl/α,β-unsaturated/α-hetero) is 1. The lowest BCUT2D eigenvalue weighted by atomic mass is 9.60. The summed E-state index contributed by atoms with van der Waals surface area (Å²) >= 11 is 2.36. The molecule has 2 rings (SSSR count). The second-order valence-corrected chi connectivity index (χ2v) is 5.08. The van der Waals surface area contributed by atoms with Crippen LogP contribution in [0.15, 0.2) is 9.66 Å². The van der Waals surface area contributed by atoms with Crippen molar-refractivity contribution in [2.24, 2.45) is 17.3 Å². The standard InChI is InChI=1S/C9H11IO/c1-5-6-3-8(11)9(6,2)4-7(5)10/h4-6H,3H2,1-2H3/t5-,6?,9?/m1/s1. The Morgan fingerprint density at radius 2 is 2.36 bits per heavy atom. The van der Waals surface area contributed by atoms with Gasteiger partial charge in [-0.25, -0.2) is 0 Å². The van der Waals surface area contributed by atoms with Crippen molar-refractivity contribution in [3.63, 3.8) is 0 Å². The lowest BCUT2D eigenvalue weighted by molar-refractivity contribution is -0.140. The molecule has 2 aliphatic rings. The summed E-state index contributed by atoms with van der Waals surface area (Å²) in [6.07, 6.45) is 2.97. The van der Waals surface area contributed by atoms with Gasteiger partial charge in [0.25, 0.3) is 0 Å². The molecule has 0 radical (unpaired) electrons. The van der Waals surface area contributed by atoms with Crippen LogP contribution in [-0.4, -0.2) is 5.78 Å². The Balaban J connectivity index is 2.37. The van der Waals surface area contributed by atoms with E-state index >= 15 is 0 Å². The van der Waals surface area contributed by atoms with E-state index in [4.69, 9.17) is 0 Å². The van der Waals surface area contributed by atoms with Gasteiger partial charge in [0.05, 0.1) is 0 Å². The summed E-state index contributed by atoms with van der Waals surface area (Å²) in [5.74, 6) is 1.67. The Bertz CT molecular complexity index is 256. The smallest absolute Gasteiger partial charge is 0.143 e. The molecule has 2 aliphatic carbocycles. The fourth-order valence-corrected chi connectivity index (χ4v) is 3.28. The van der Waals surface area contributed by atoms with Crippen molar-refractivity contribution < 1.29 is 4.79 Å². The molecule has 0 aromatic rings. The zero-order valence-electron chi connectivity index (χ0n) is 6.73. The largest absolute Gasteiger partial charge is 0.299 e. The van der Waals surface area contributed by atoms with E-state index in [9.17, 15) is 4.79 Å². The minimum atomic E-state index is -0.0735. The number of carbonyl (C=O) groups excluding carboxylic acids is 1. The molecule has 1 nitrogen and oxygen atoms in total. The molecule has 0 aromatic heterocycles. The minimum Gasteiger partial charge on any atom is -0.299 e. The molecule has 3 atom stereocenters. The van der Waals surface area contributed by atoms with Gasteiger partial charge in [-0.3, -0.25) is 4.79 Å². The molecule has 0 aromatic carbocycles. The molecule has 0 bridgehead atoms. The van der Waals surface area contributed by atoms with Gasteiger partial charge in [0.2, 0.25) is 0 Å². The minimum absolute atomic E-state index is 0.0735. The predicted octanol–water partition coefficient (Wildman–Crippen LogP) is 2.55. The van der Waals surface area contributed by atoms with Crippen molar-refractivity contribution >= 4 is 28.4 Å². The molecule has 0 spiro atoms. The van der Waals surface area contributed by atoms with Gasteiger partial charge in [-0.05, 0) is 44.9 Å². The van der Waals surface area contributed by atoms with Gasteiger partial charge in [-0.2, -0.15) is 0 Å². The molecular weight excluding hydrogens is 251 g/mol. The second-order valence-electron chi connectivity index (χ2n) is 3.83. The fourth-order valence-electron chi connectivity index (χ4n) is 2.20. The first-order valence-electron chi connectivity index (χ1n) is 3.97. The summed E-state index contributed by atoms with van der Waals surface area (Å²) in [5.41, 5.74) is -0.0735. The van der Waals surface area contributed by atoms with Crippen LogP contribution in [0.4, 0.5) is 0 Å². The Morgan fingerprint density at radius 1 is 1.73 bits per heavy atom. The molecule has 0 heterocycles. The number of ketones is 1. The Morgan fingerprint density at radius 3 is 2.73 bits per heavy atom. The van der Waals surface area contributed by atoms with Gasteiger partial charge in [0.15, 0.2) is 0 Å². The molecule has 1 saturated carbocycles. The fraction of sp³-hybridized carbons (Fsp3) is 0.667. The molecule has 1 fully saturated rings. The van der Waals surface area contributed by atoms with E-state index in [0.717, 1.165) is 6.42 Å². The number of hydrogen-bond donors (Lipinski definition) is 0. The Hall–Kier alpha value is 0.140. The highest BCUT2D eigenvalue weighted by Crippen LogP contribution is 2.57. The van der Waals surface area contributed by atoms with Crippen LogP contribution < -0.4 is 0 Å². The van der Waals surface area contributed by atoms with Crippen LogP contribution in [-0.2, 0) is 4.79 Å². The first-order chi connectivity index (χ1) is 5.05. The lowest BCUT2D eigenvalue weighted by Gasteiger charge is -2.41. The van der Waals surface area contributed by atoms with E-state index in [-0.39, 0.29) is 5.41 Å². The second kappa shape index (κ2) is 2.09. The zero-order chi connectivity index (χ0) is 8.22. The van der Waals surface area contributed by atoms with E-state index in [2.05, 4.69) is 42.5 Å². The van der Waals surface area contributed by atoms with Crippen LogP contribution in [0, 0.1) is 17.3 Å². The monoisotopic (exact) mass is 262 g/mol. The number of fused-ring (bicyclic) bond motifs is 1. The number of carbonyl (C=O) groups is 1. The first kappa shape index (κ1) is 7.77. The molecule has 0 saturated heterocycles. The van der Waals surface area contributed by atoms with Gasteiger partial charge in [0, 0.05) is 11.8 Å². The van der Waals surface area contributed by atoms with Crippen molar-refractivity contribution in [1.29, 1.82) is 0 Å². The van der Waals surface area contributed by atoms with E-state index < -0.39 is 0 Å². The highest BCUT2D eigenvalue weighted by molar-refractivity contribution is 14.1. The maximum atomic E-state index is 11.3. The maximum absolute atomic E-state index is 11.3. The van der Waals surface area contributed by atoms with Crippen molar-refractivity contribution in [2.45, 2.75) is 20.3 Å². The Labute approximate surface area is 80.4 Å². The normalized spacial score (nSPS) is 48.3. The van der Waals surface area contributed by atoms with Crippen LogP contribution in [0.2, 0.25) is 0 Å². The third-order valence-electron chi connectivity index (χ3n) is 3.25. The third-order valence-corrected chi connectivity index (χ3v) is 4.55. The molecule has 2 unspecified atom stereocenters. The quantitative estimate of drug-likeness (QED) is 0.613. The summed E-state index contributed by atoms with van der Waals surface area (Å²) in [7, 11) is 0. The first-order valence-corrected chi connectivity index (χ1v) is 5.05. The average Bonchev–Trinajstić information content (AvgIpc) is 2.12. The van der Waals surface area contributed by atoms with Gasteiger partial charge in [-0.1, -0.05) is 13.0 Å². The van der Waals surface area contributed by atoms with E-state index in [1.54, 1.807) is 0 Å². The molecule has 0 aliphatic heterocycles. The average molecular weight is 262 g/mol. The number of allylic oxidation sites excluding steroid dienone is 2. The highest BCUT2D eigenvalue weighted by Gasteiger charge is 2.55. The van der Waals surface area contributed by atoms with Crippen molar-refractivity contribution in [3.05, 3.63) is 9.66 Å². The topological polar surface area (TPSA) is 17.1 Å². The van der Waals surface area contributed by atoms with E-state index in [1.165, 1.54) is 3.58 Å². The Kier molecular flexibility index (Phi) is 1.48. The molecule has 0 N–H and O–H groups in total. The van der Waals surface area contributed by atoms with Crippen LogP contribution in [0.3, 0.4) is 0 Å². The van der Waals surface area contributed by atoms with Gasteiger partial charge in [0.1, 0.15) is 5.78 Å². The van der Waals surface area contributed by atoms with E-state index in [0.29, 0.717) is 17.6 Å². The molecule has 0 amide bonds. The van der Waals surface area contributed by atoms with Crippen LogP contribution >= 0.6 is 22.6 Å². The highest BCUT2D eigenvalue weighted by atomic mass is 127. The van der Waals surface area contributed by atoms with Crippen molar-refractivity contribution in [2.75, 3.05) is 0 Å². The summed E-state index contributed by atoms with van der Waals surface area (Å²) in [6.45, 7) is 4.30. The van der Waals surface area contributed by atoms with Crippen molar-refractivity contribution in [3.8, 4) is 0 Å². The SMILES string of the molecule is C[C@H]1C(I)=CC2(C)C(=O)CC12.